The summed E-state index contributed by atoms with van der Waals surface area (Å²) >= 11 is 0. The van der Waals surface area contributed by atoms with Gasteiger partial charge in [-0.25, -0.2) is 45.6 Å². The summed E-state index contributed by atoms with van der Waals surface area (Å²) in [6.45, 7) is 8.59. The van der Waals surface area contributed by atoms with Crippen molar-refractivity contribution in [3.63, 3.8) is 0 Å². The van der Waals surface area contributed by atoms with Gasteiger partial charge in [0.15, 0.2) is 54.6 Å². The van der Waals surface area contributed by atoms with E-state index in [2.05, 4.69) is 40.3 Å². The van der Waals surface area contributed by atoms with E-state index in [1.807, 2.05) is 0 Å². The zero-order valence-electron chi connectivity index (χ0n) is 40.8. The lowest BCUT2D eigenvalue weighted by Gasteiger charge is -2.25. The van der Waals surface area contributed by atoms with Gasteiger partial charge in [0.2, 0.25) is 0 Å². The van der Waals surface area contributed by atoms with Crippen LogP contribution in [0.4, 0.5) is 8.78 Å². The summed E-state index contributed by atoms with van der Waals surface area (Å²) in [6, 6.07) is 10.4. The molecule has 2 saturated heterocycles. The first-order valence-corrected chi connectivity index (χ1v) is 26.0. The first-order valence-electron chi connectivity index (χ1n) is 22.6. The predicted octanol–water partition coefficient (Wildman–Crippen LogP) is 4.82. The minimum atomic E-state index is -3.81. The molecule has 22 nitrogen and oxygen atoms in total. The second-order valence-electron chi connectivity index (χ2n) is 16.6. The average Bonchev–Trinajstić information content (AvgIpc) is 4.01. The van der Waals surface area contributed by atoms with E-state index >= 15 is 0 Å². The molecular weight excluding hydrogens is 987 g/mol. The van der Waals surface area contributed by atoms with Gasteiger partial charge < -0.3 is 37.9 Å². The Morgan fingerprint density at radius 3 is 1.18 bits per heavy atom. The van der Waals surface area contributed by atoms with Crippen molar-refractivity contribution >= 4 is 19.7 Å². The van der Waals surface area contributed by atoms with Crippen LogP contribution in [0.15, 0.2) is 61.2 Å². The highest BCUT2D eigenvalue weighted by Gasteiger charge is 2.37. The molecule has 6 atom stereocenters. The standard InChI is InChI=1S/2C23H28FN5O6S/c2*1-14(22-25-10-16(24)11-26-22)15(2)36(30,31)13-20-27-28-23(19-12-34-8-9-35-19)29(20)21-17(32-3)6-5-7-18(21)33-4/h2*5-7,10-11,14-15,19H,8-9,12-13H2,1-4H3/t14-,15-,19+;14-,15-,19-/m00/s1. The number of benzene rings is 2. The first-order chi connectivity index (χ1) is 34.5. The largest absolute Gasteiger partial charge is 0.494 e. The average molecular weight is 1040 g/mol. The number of halogens is 2. The van der Waals surface area contributed by atoms with E-state index in [1.54, 1.807) is 73.2 Å². The van der Waals surface area contributed by atoms with Crippen LogP contribution in [-0.4, -0.2) is 145 Å². The summed E-state index contributed by atoms with van der Waals surface area (Å²) in [5.41, 5.74) is 0.897. The van der Waals surface area contributed by atoms with Gasteiger partial charge in [0.1, 0.15) is 69.7 Å². The maximum Gasteiger partial charge on any atom is 0.169 e. The van der Waals surface area contributed by atoms with Crippen LogP contribution in [0.5, 0.6) is 23.0 Å². The Morgan fingerprint density at radius 1 is 0.556 bits per heavy atom. The zero-order valence-corrected chi connectivity index (χ0v) is 42.5. The Balaban J connectivity index is 0.000000211. The topological polar surface area (TPSA) is 255 Å². The predicted molar refractivity (Wildman–Crippen MR) is 253 cm³/mol. The second kappa shape index (κ2) is 23.5. The van der Waals surface area contributed by atoms with Crippen LogP contribution in [0.2, 0.25) is 0 Å². The van der Waals surface area contributed by atoms with Crippen molar-refractivity contribution in [2.75, 3.05) is 68.1 Å². The van der Waals surface area contributed by atoms with Crippen LogP contribution in [0.1, 0.15) is 86.7 Å². The van der Waals surface area contributed by atoms with Crippen molar-refractivity contribution in [1.29, 1.82) is 0 Å². The first kappa shape index (κ1) is 53.5. The Kier molecular flexibility index (Phi) is 17.4. The highest BCUT2D eigenvalue weighted by Crippen LogP contribution is 2.39. The van der Waals surface area contributed by atoms with Crippen LogP contribution in [0, 0.1) is 11.6 Å². The summed E-state index contributed by atoms with van der Waals surface area (Å²) < 4.78 is 129. The minimum Gasteiger partial charge on any atom is -0.494 e. The summed E-state index contributed by atoms with van der Waals surface area (Å²) in [4.78, 5) is 15.8. The molecule has 0 amide bonds. The summed E-state index contributed by atoms with van der Waals surface area (Å²) in [5.74, 6) is -0.0193. The molecule has 2 fully saturated rings. The van der Waals surface area contributed by atoms with E-state index < -0.39 is 77.4 Å². The number of methoxy groups -OCH3 is 4. The summed E-state index contributed by atoms with van der Waals surface area (Å²) in [5, 5.41) is 15.3. The van der Waals surface area contributed by atoms with Crippen molar-refractivity contribution < 1.29 is 63.5 Å². The molecule has 6 heterocycles. The molecule has 0 saturated carbocycles. The number of aromatic nitrogens is 10. The minimum absolute atomic E-state index is 0.154. The fraction of sp³-hybridized carbons (Fsp3) is 0.478. The monoisotopic (exact) mass is 1040 g/mol. The Bertz CT molecular complexity index is 2750. The van der Waals surface area contributed by atoms with E-state index in [4.69, 9.17) is 37.9 Å². The van der Waals surface area contributed by atoms with Gasteiger partial charge in [0.05, 0.1) is 103 Å². The molecule has 6 aromatic rings. The van der Waals surface area contributed by atoms with Gasteiger partial charge in [-0.3, -0.25) is 9.13 Å². The van der Waals surface area contributed by atoms with E-state index in [-0.39, 0.29) is 36.5 Å². The van der Waals surface area contributed by atoms with Crippen LogP contribution in [0.25, 0.3) is 11.4 Å². The smallest absolute Gasteiger partial charge is 0.169 e. The zero-order chi connectivity index (χ0) is 51.7. The molecule has 72 heavy (non-hydrogen) atoms. The Morgan fingerprint density at radius 2 is 0.889 bits per heavy atom. The maximum absolute atomic E-state index is 13.5. The third-order valence-corrected chi connectivity index (χ3v) is 16.7. The number of rotatable bonds is 18. The molecule has 2 aliphatic rings. The van der Waals surface area contributed by atoms with Crippen molar-refractivity contribution in [1.82, 2.24) is 49.5 Å². The molecule has 0 spiro atoms. The number of para-hydroxylation sites is 2. The molecule has 8 rings (SSSR count). The van der Waals surface area contributed by atoms with Crippen molar-refractivity contribution in [3.05, 3.63) is 108 Å². The maximum atomic E-state index is 13.5. The lowest BCUT2D eigenvalue weighted by molar-refractivity contribution is -0.0942. The number of nitrogens with zero attached hydrogens (tertiary/aromatic N) is 10. The van der Waals surface area contributed by atoms with Gasteiger partial charge in [-0.15, -0.1) is 20.4 Å². The second-order valence-corrected chi connectivity index (χ2v) is 21.3. The van der Waals surface area contributed by atoms with Crippen LogP contribution < -0.4 is 18.9 Å². The van der Waals surface area contributed by atoms with E-state index in [0.29, 0.717) is 72.4 Å². The lowest BCUT2D eigenvalue weighted by atomic mass is 10.1. The fourth-order valence-electron chi connectivity index (χ4n) is 7.91. The number of ether oxygens (including phenoxy) is 8. The molecular formula is C46H56F2N10O12S2. The van der Waals surface area contributed by atoms with Crippen molar-refractivity contribution in [2.45, 2.75) is 73.7 Å². The summed E-state index contributed by atoms with van der Waals surface area (Å²) in [6.07, 6.45) is 2.92. The van der Waals surface area contributed by atoms with Gasteiger partial charge in [-0.05, 0) is 38.1 Å². The molecule has 2 aromatic carbocycles. The normalized spacial score (nSPS) is 18.0. The van der Waals surface area contributed by atoms with Crippen LogP contribution >= 0.6 is 0 Å². The number of sulfone groups is 2. The Labute approximate surface area is 415 Å². The number of hydrogen-bond donors (Lipinski definition) is 0. The van der Waals surface area contributed by atoms with Gasteiger partial charge in [-0.2, -0.15) is 0 Å². The number of hydrogen-bond acceptors (Lipinski definition) is 20. The van der Waals surface area contributed by atoms with Gasteiger partial charge in [0.25, 0.3) is 0 Å². The molecule has 26 heteroatoms. The van der Waals surface area contributed by atoms with Crippen molar-refractivity contribution in [3.8, 4) is 34.4 Å². The molecule has 388 valence electrons. The quantitative estimate of drug-likeness (QED) is 0.112. The summed E-state index contributed by atoms with van der Waals surface area (Å²) in [7, 11) is -1.60. The van der Waals surface area contributed by atoms with E-state index in [1.165, 1.54) is 28.4 Å². The molecule has 0 bridgehead atoms. The lowest BCUT2D eigenvalue weighted by Crippen LogP contribution is -2.28. The van der Waals surface area contributed by atoms with Gasteiger partial charge >= 0.3 is 0 Å². The van der Waals surface area contributed by atoms with Crippen molar-refractivity contribution in [2.24, 2.45) is 0 Å². The highest BCUT2D eigenvalue weighted by molar-refractivity contribution is 7.91. The highest BCUT2D eigenvalue weighted by atomic mass is 32.2. The third kappa shape index (κ3) is 11.8. The van der Waals surface area contributed by atoms with E-state index in [9.17, 15) is 25.6 Å². The molecule has 2 aliphatic heterocycles. The Hall–Kier alpha value is -6.32. The van der Waals surface area contributed by atoms with Crippen LogP contribution in [0.3, 0.4) is 0 Å². The van der Waals surface area contributed by atoms with Gasteiger partial charge in [0, 0.05) is 11.8 Å². The molecule has 0 N–H and O–H groups in total. The molecule has 0 aliphatic carbocycles. The fourth-order valence-corrected chi connectivity index (χ4v) is 11.0. The van der Waals surface area contributed by atoms with Crippen LogP contribution in [-0.2, 0) is 50.1 Å². The SMILES string of the molecule is COc1cccc(OC)c1-n1c(CS(=O)(=O)[C@@H](C)[C@H](C)c2ncc(F)cn2)nnc1[C@@H]1COCCO1.COc1cccc(OC)c1-n1c(CS(=O)(=O)[C@@H](C)[C@H](C)c2ncc(F)cn2)nnc1[C@H]1COCCO1. The molecule has 0 radical (unpaired) electrons. The third-order valence-electron chi connectivity index (χ3n) is 12.3. The van der Waals surface area contributed by atoms with Gasteiger partial charge in [-0.1, -0.05) is 26.0 Å². The molecule has 0 unspecified atom stereocenters. The molecule has 4 aromatic heterocycles. The van der Waals surface area contributed by atoms with E-state index in [0.717, 1.165) is 24.8 Å².